The van der Waals surface area contributed by atoms with Crippen molar-refractivity contribution >= 4 is 5.91 Å². The van der Waals surface area contributed by atoms with Gasteiger partial charge in [0.05, 0.1) is 23.5 Å². The van der Waals surface area contributed by atoms with Gasteiger partial charge in [-0.1, -0.05) is 48.5 Å². The second kappa shape index (κ2) is 8.26. The van der Waals surface area contributed by atoms with Crippen molar-refractivity contribution in [1.82, 2.24) is 15.1 Å². The van der Waals surface area contributed by atoms with Crippen LogP contribution in [0.1, 0.15) is 34.8 Å². The summed E-state index contributed by atoms with van der Waals surface area (Å²) in [6.07, 6.45) is 4.59. The van der Waals surface area contributed by atoms with Gasteiger partial charge in [0.25, 0.3) is 5.91 Å². The van der Waals surface area contributed by atoms with Crippen molar-refractivity contribution in [3.8, 4) is 5.69 Å². The van der Waals surface area contributed by atoms with Gasteiger partial charge in [-0.2, -0.15) is 5.10 Å². The molecule has 0 saturated carbocycles. The Morgan fingerprint density at radius 3 is 2.44 bits per heavy atom. The largest absolute Gasteiger partial charge is 0.396 e. The first-order valence-corrected chi connectivity index (χ1v) is 8.34. The number of rotatable bonds is 7. The van der Waals surface area contributed by atoms with E-state index in [9.17, 15) is 4.79 Å². The first-order valence-electron chi connectivity index (χ1n) is 8.34. The van der Waals surface area contributed by atoms with E-state index in [1.54, 1.807) is 17.1 Å². The van der Waals surface area contributed by atoms with Crippen LogP contribution in [0.3, 0.4) is 0 Å². The number of aliphatic hydroxyl groups is 1. The number of carbonyl (C=O) groups is 1. The molecule has 128 valence electrons. The van der Waals surface area contributed by atoms with E-state index in [0.29, 0.717) is 18.4 Å². The van der Waals surface area contributed by atoms with Gasteiger partial charge in [0.1, 0.15) is 0 Å². The van der Waals surface area contributed by atoms with Crippen LogP contribution >= 0.6 is 0 Å². The van der Waals surface area contributed by atoms with Crippen molar-refractivity contribution in [2.24, 2.45) is 0 Å². The molecule has 0 fully saturated rings. The van der Waals surface area contributed by atoms with E-state index in [2.05, 4.69) is 10.4 Å². The van der Waals surface area contributed by atoms with E-state index in [-0.39, 0.29) is 18.6 Å². The highest BCUT2D eigenvalue weighted by Gasteiger charge is 2.16. The highest BCUT2D eigenvalue weighted by molar-refractivity contribution is 5.94. The van der Waals surface area contributed by atoms with Crippen LogP contribution < -0.4 is 5.32 Å². The van der Waals surface area contributed by atoms with Crippen LogP contribution in [-0.4, -0.2) is 27.4 Å². The molecular formula is C20H21N3O2. The number of aromatic nitrogens is 2. The molecule has 1 aromatic heterocycles. The average molecular weight is 335 g/mol. The molecule has 1 heterocycles. The summed E-state index contributed by atoms with van der Waals surface area (Å²) < 4.78 is 1.68. The zero-order valence-electron chi connectivity index (χ0n) is 13.9. The summed E-state index contributed by atoms with van der Waals surface area (Å²) in [5.41, 5.74) is 2.44. The Morgan fingerprint density at radius 2 is 1.76 bits per heavy atom. The Hall–Kier alpha value is -2.92. The predicted octanol–water partition coefficient (Wildman–Crippen LogP) is 3.12. The van der Waals surface area contributed by atoms with Gasteiger partial charge in [-0.05, 0) is 30.5 Å². The number of nitrogens with zero attached hydrogens (tertiary/aromatic N) is 2. The van der Waals surface area contributed by atoms with Gasteiger partial charge in [-0.15, -0.1) is 0 Å². The molecule has 0 spiro atoms. The van der Waals surface area contributed by atoms with E-state index in [1.807, 2.05) is 60.7 Å². The smallest absolute Gasteiger partial charge is 0.254 e. The van der Waals surface area contributed by atoms with Gasteiger partial charge in [0.15, 0.2) is 0 Å². The molecule has 1 unspecified atom stereocenters. The molecule has 3 aromatic rings. The summed E-state index contributed by atoms with van der Waals surface area (Å²) in [6.45, 7) is 0.102. The summed E-state index contributed by atoms with van der Waals surface area (Å²) >= 11 is 0. The number of carbonyl (C=O) groups excluding carboxylic acids is 1. The molecule has 25 heavy (non-hydrogen) atoms. The lowest BCUT2D eigenvalue weighted by Crippen LogP contribution is -2.28. The fraction of sp³-hybridized carbons (Fsp3) is 0.200. The topological polar surface area (TPSA) is 67.2 Å². The molecule has 0 aliphatic carbocycles. The maximum absolute atomic E-state index is 12.6. The van der Waals surface area contributed by atoms with Gasteiger partial charge in [-0.25, -0.2) is 4.68 Å². The van der Waals surface area contributed by atoms with Crippen molar-refractivity contribution in [2.45, 2.75) is 18.9 Å². The van der Waals surface area contributed by atoms with Crippen molar-refractivity contribution in [3.05, 3.63) is 84.2 Å². The summed E-state index contributed by atoms with van der Waals surface area (Å²) in [5, 5.41) is 16.4. The van der Waals surface area contributed by atoms with E-state index >= 15 is 0 Å². The summed E-state index contributed by atoms with van der Waals surface area (Å²) in [5.74, 6) is -0.172. The Bertz CT molecular complexity index is 800. The van der Waals surface area contributed by atoms with Crippen LogP contribution in [0.15, 0.2) is 73.1 Å². The quantitative estimate of drug-likeness (QED) is 0.697. The Kier molecular flexibility index (Phi) is 5.59. The highest BCUT2D eigenvalue weighted by Crippen LogP contribution is 2.19. The number of hydrogen-bond acceptors (Lipinski definition) is 3. The molecular weight excluding hydrogens is 314 g/mol. The molecule has 5 heteroatoms. The van der Waals surface area contributed by atoms with Gasteiger partial charge in [0.2, 0.25) is 0 Å². The monoisotopic (exact) mass is 335 g/mol. The first-order chi connectivity index (χ1) is 12.3. The molecule has 5 nitrogen and oxygen atoms in total. The van der Waals surface area contributed by atoms with E-state index in [4.69, 9.17) is 5.11 Å². The van der Waals surface area contributed by atoms with Crippen LogP contribution in [0.25, 0.3) is 5.69 Å². The third-order valence-electron chi connectivity index (χ3n) is 4.02. The minimum Gasteiger partial charge on any atom is -0.396 e. The van der Waals surface area contributed by atoms with Crippen molar-refractivity contribution in [3.63, 3.8) is 0 Å². The molecule has 1 amide bonds. The fourth-order valence-corrected chi connectivity index (χ4v) is 2.71. The minimum absolute atomic E-state index is 0.102. The van der Waals surface area contributed by atoms with E-state index in [1.165, 1.54) is 0 Å². The van der Waals surface area contributed by atoms with Crippen LogP contribution in [0.4, 0.5) is 0 Å². The molecule has 0 aliphatic heterocycles. The van der Waals surface area contributed by atoms with Crippen LogP contribution in [0.2, 0.25) is 0 Å². The maximum Gasteiger partial charge on any atom is 0.254 e. The highest BCUT2D eigenvalue weighted by atomic mass is 16.3. The summed E-state index contributed by atoms with van der Waals surface area (Å²) in [6, 6.07) is 19.3. The SMILES string of the molecule is O=C(NC(CCCO)c1ccccc1)c1cnn(-c2ccccc2)c1. The normalized spacial score (nSPS) is 11.9. The lowest BCUT2D eigenvalue weighted by atomic mass is 10.0. The average Bonchev–Trinajstić information content (AvgIpc) is 3.17. The number of benzene rings is 2. The molecule has 0 saturated heterocycles. The minimum atomic E-state index is -0.172. The molecule has 0 aliphatic rings. The fourth-order valence-electron chi connectivity index (χ4n) is 2.71. The van der Waals surface area contributed by atoms with Crippen LogP contribution in [-0.2, 0) is 0 Å². The zero-order valence-corrected chi connectivity index (χ0v) is 13.9. The van der Waals surface area contributed by atoms with Gasteiger partial charge >= 0.3 is 0 Å². The second-order valence-corrected chi connectivity index (χ2v) is 5.81. The Morgan fingerprint density at radius 1 is 1.08 bits per heavy atom. The Balaban J connectivity index is 1.74. The molecule has 2 N–H and O–H groups in total. The third-order valence-corrected chi connectivity index (χ3v) is 4.02. The Labute approximate surface area is 146 Å². The molecule has 3 rings (SSSR count). The maximum atomic E-state index is 12.6. The summed E-state index contributed by atoms with van der Waals surface area (Å²) in [7, 11) is 0. The van der Waals surface area contributed by atoms with E-state index in [0.717, 1.165) is 11.3 Å². The zero-order chi connectivity index (χ0) is 17.5. The molecule has 2 aromatic carbocycles. The van der Waals surface area contributed by atoms with Gasteiger partial charge in [-0.3, -0.25) is 4.79 Å². The number of nitrogens with one attached hydrogen (secondary N) is 1. The second-order valence-electron chi connectivity index (χ2n) is 5.81. The lowest BCUT2D eigenvalue weighted by Gasteiger charge is -2.18. The van der Waals surface area contributed by atoms with Crippen molar-refractivity contribution in [2.75, 3.05) is 6.61 Å². The predicted molar refractivity (Wildman–Crippen MR) is 96.5 cm³/mol. The molecule has 0 radical (unpaired) electrons. The lowest BCUT2D eigenvalue weighted by molar-refractivity contribution is 0.0932. The van der Waals surface area contributed by atoms with E-state index < -0.39 is 0 Å². The first kappa shape index (κ1) is 16.9. The van der Waals surface area contributed by atoms with Gasteiger partial charge < -0.3 is 10.4 Å². The third kappa shape index (κ3) is 4.33. The van der Waals surface area contributed by atoms with Crippen LogP contribution in [0.5, 0.6) is 0 Å². The molecule has 1 atom stereocenters. The standard InChI is InChI=1S/C20H21N3O2/c24-13-7-12-19(16-8-3-1-4-9-16)22-20(25)17-14-21-23(15-17)18-10-5-2-6-11-18/h1-6,8-11,14-15,19,24H,7,12-13H2,(H,22,25). The van der Waals surface area contributed by atoms with Crippen molar-refractivity contribution < 1.29 is 9.90 Å². The number of hydrogen-bond donors (Lipinski definition) is 2. The summed E-state index contributed by atoms with van der Waals surface area (Å²) in [4.78, 5) is 12.6. The number of aliphatic hydroxyl groups excluding tert-OH is 1. The van der Waals surface area contributed by atoms with Crippen LogP contribution in [0, 0.1) is 0 Å². The molecule has 0 bridgehead atoms. The van der Waals surface area contributed by atoms with Gasteiger partial charge in [0, 0.05) is 12.8 Å². The number of para-hydroxylation sites is 1. The van der Waals surface area contributed by atoms with Crippen molar-refractivity contribution in [1.29, 1.82) is 0 Å². The number of amides is 1.